The van der Waals surface area contributed by atoms with Gasteiger partial charge in [-0.1, -0.05) is 34.5 Å². The molecule has 118 valence electrons. The van der Waals surface area contributed by atoms with E-state index in [1.54, 1.807) is 4.90 Å². The minimum Gasteiger partial charge on any atom is -0.444 e. The molecule has 0 unspecified atom stereocenters. The van der Waals surface area contributed by atoms with Crippen LogP contribution >= 0.6 is 27.5 Å². The third kappa shape index (κ3) is 6.70. The highest BCUT2D eigenvalue weighted by molar-refractivity contribution is 9.10. The zero-order valence-corrected chi connectivity index (χ0v) is 15.4. The van der Waals surface area contributed by atoms with Gasteiger partial charge in [0.1, 0.15) is 5.60 Å². The Morgan fingerprint density at radius 3 is 2.57 bits per heavy atom. The molecule has 1 amide bonds. The Hall–Kier alpha value is -0.740. The molecule has 1 aromatic rings. The summed E-state index contributed by atoms with van der Waals surface area (Å²) in [7, 11) is 0. The lowest BCUT2D eigenvalue weighted by molar-refractivity contribution is 0.0252. The fraction of sp³-hybridized carbons (Fsp3) is 0.562. The first-order chi connectivity index (χ1) is 9.73. The maximum Gasteiger partial charge on any atom is 0.410 e. The number of carbonyl (C=O) groups is 1. The van der Waals surface area contributed by atoms with Crippen LogP contribution in [0.15, 0.2) is 22.7 Å². The largest absolute Gasteiger partial charge is 0.444 e. The summed E-state index contributed by atoms with van der Waals surface area (Å²) in [5.41, 5.74) is 0.548. The quantitative estimate of drug-likeness (QED) is 0.698. The summed E-state index contributed by atoms with van der Waals surface area (Å²) < 4.78 is 6.43. The lowest BCUT2D eigenvalue weighted by atomic mass is 10.1. The van der Waals surface area contributed by atoms with Crippen LogP contribution in [0.4, 0.5) is 4.79 Å². The summed E-state index contributed by atoms with van der Waals surface area (Å²) in [4.78, 5) is 13.9. The van der Waals surface area contributed by atoms with Gasteiger partial charge in [-0.3, -0.25) is 0 Å². The maximum atomic E-state index is 12.2. The summed E-state index contributed by atoms with van der Waals surface area (Å²) in [6.45, 7) is 8.95. The highest BCUT2D eigenvalue weighted by Gasteiger charge is 2.21. The fourth-order valence-corrected chi connectivity index (χ4v) is 2.50. The first-order valence-electron chi connectivity index (χ1n) is 7.15. The van der Waals surface area contributed by atoms with E-state index >= 15 is 0 Å². The molecule has 0 saturated heterocycles. The molecule has 0 N–H and O–H groups in total. The second-order valence-electron chi connectivity index (χ2n) is 5.95. The van der Waals surface area contributed by atoms with Crippen molar-refractivity contribution in [3.05, 3.63) is 33.3 Å². The average molecular weight is 377 g/mol. The van der Waals surface area contributed by atoms with Gasteiger partial charge in [0.2, 0.25) is 0 Å². The van der Waals surface area contributed by atoms with Crippen molar-refractivity contribution in [1.82, 2.24) is 4.90 Å². The Bertz CT molecular complexity index is 486. The normalized spacial score (nSPS) is 11.3. The first kappa shape index (κ1) is 18.3. The predicted molar refractivity (Wildman–Crippen MR) is 91.0 cm³/mol. The number of benzene rings is 1. The molecule has 0 radical (unpaired) electrons. The van der Waals surface area contributed by atoms with E-state index in [9.17, 15) is 4.79 Å². The van der Waals surface area contributed by atoms with E-state index < -0.39 is 5.60 Å². The molecule has 0 heterocycles. The molecule has 0 aliphatic heterocycles. The van der Waals surface area contributed by atoms with Gasteiger partial charge < -0.3 is 9.64 Å². The van der Waals surface area contributed by atoms with Crippen LogP contribution in [0, 0.1) is 0 Å². The molecule has 0 spiro atoms. The minimum absolute atomic E-state index is 0.268. The predicted octanol–water partition coefficient (Wildman–Crippen LogP) is 5.29. The van der Waals surface area contributed by atoms with Crippen LogP contribution in [-0.4, -0.2) is 29.7 Å². The standard InChI is InChI=1S/C16H23BrClNO2/c1-5-9-19(15(20)21-16(2,3)4)10-8-12-11-13(17)6-7-14(12)18/h6-7,11H,5,8-10H2,1-4H3. The Morgan fingerprint density at radius 2 is 2.00 bits per heavy atom. The van der Waals surface area contributed by atoms with Crippen LogP contribution in [0.5, 0.6) is 0 Å². The average Bonchev–Trinajstić information content (AvgIpc) is 2.36. The van der Waals surface area contributed by atoms with Gasteiger partial charge in [-0.15, -0.1) is 0 Å². The SMILES string of the molecule is CCCN(CCc1cc(Br)ccc1Cl)C(=O)OC(C)(C)C. The fourth-order valence-electron chi connectivity index (χ4n) is 1.88. The lowest BCUT2D eigenvalue weighted by Gasteiger charge is -2.27. The van der Waals surface area contributed by atoms with Crippen molar-refractivity contribution in [2.75, 3.05) is 13.1 Å². The van der Waals surface area contributed by atoms with Gasteiger partial charge in [-0.2, -0.15) is 0 Å². The number of ether oxygens (including phenoxy) is 1. The van der Waals surface area contributed by atoms with Crippen molar-refractivity contribution >= 4 is 33.6 Å². The molecular formula is C16H23BrClNO2. The maximum absolute atomic E-state index is 12.2. The van der Waals surface area contributed by atoms with Gasteiger partial charge in [0.25, 0.3) is 0 Å². The molecule has 5 heteroatoms. The number of carbonyl (C=O) groups excluding carboxylic acids is 1. The van der Waals surface area contributed by atoms with Crippen molar-refractivity contribution in [1.29, 1.82) is 0 Å². The third-order valence-corrected chi connectivity index (χ3v) is 3.67. The summed E-state index contributed by atoms with van der Waals surface area (Å²) in [5, 5.41) is 0.721. The monoisotopic (exact) mass is 375 g/mol. The van der Waals surface area contributed by atoms with E-state index in [0.29, 0.717) is 19.5 Å². The van der Waals surface area contributed by atoms with Crippen LogP contribution in [0.1, 0.15) is 39.7 Å². The van der Waals surface area contributed by atoms with Gasteiger partial charge in [-0.05, 0) is 57.4 Å². The van der Waals surface area contributed by atoms with Crippen molar-refractivity contribution < 1.29 is 9.53 Å². The molecule has 0 aromatic heterocycles. The molecular weight excluding hydrogens is 354 g/mol. The van der Waals surface area contributed by atoms with Crippen molar-refractivity contribution in [2.45, 2.75) is 46.1 Å². The van der Waals surface area contributed by atoms with Gasteiger partial charge in [0.05, 0.1) is 0 Å². The minimum atomic E-state index is -0.476. The summed E-state index contributed by atoms with van der Waals surface area (Å²) in [6.07, 6.45) is 1.33. The number of halogens is 2. The van der Waals surface area contributed by atoms with Crippen LogP contribution in [-0.2, 0) is 11.2 Å². The van der Waals surface area contributed by atoms with E-state index in [0.717, 1.165) is 21.5 Å². The van der Waals surface area contributed by atoms with Crippen LogP contribution in [0.2, 0.25) is 5.02 Å². The Labute approximate surface area is 140 Å². The van der Waals surface area contributed by atoms with Gasteiger partial charge in [0, 0.05) is 22.6 Å². The Kier molecular flexibility index (Phi) is 7.01. The van der Waals surface area contributed by atoms with Crippen molar-refractivity contribution in [2.24, 2.45) is 0 Å². The van der Waals surface area contributed by atoms with Crippen LogP contribution in [0.25, 0.3) is 0 Å². The van der Waals surface area contributed by atoms with Crippen LogP contribution < -0.4 is 0 Å². The topological polar surface area (TPSA) is 29.5 Å². The lowest BCUT2D eigenvalue weighted by Crippen LogP contribution is -2.38. The molecule has 0 fully saturated rings. The van der Waals surface area contributed by atoms with Gasteiger partial charge >= 0.3 is 6.09 Å². The number of amides is 1. The zero-order valence-electron chi connectivity index (χ0n) is 13.1. The summed E-state index contributed by atoms with van der Waals surface area (Å²) >= 11 is 9.63. The number of nitrogens with zero attached hydrogens (tertiary/aromatic N) is 1. The van der Waals surface area contributed by atoms with E-state index in [-0.39, 0.29) is 6.09 Å². The highest BCUT2D eigenvalue weighted by atomic mass is 79.9. The van der Waals surface area contributed by atoms with E-state index in [4.69, 9.17) is 16.3 Å². The summed E-state index contributed by atoms with van der Waals surface area (Å²) in [5.74, 6) is 0. The van der Waals surface area contributed by atoms with Crippen molar-refractivity contribution in [3.63, 3.8) is 0 Å². The first-order valence-corrected chi connectivity index (χ1v) is 8.32. The van der Waals surface area contributed by atoms with Crippen molar-refractivity contribution in [3.8, 4) is 0 Å². The Morgan fingerprint density at radius 1 is 1.33 bits per heavy atom. The molecule has 0 bridgehead atoms. The number of hydrogen-bond donors (Lipinski definition) is 0. The highest BCUT2D eigenvalue weighted by Crippen LogP contribution is 2.22. The molecule has 3 nitrogen and oxygen atoms in total. The number of hydrogen-bond acceptors (Lipinski definition) is 2. The second kappa shape index (κ2) is 8.04. The molecule has 1 rings (SSSR count). The molecule has 0 aliphatic rings. The molecule has 0 atom stereocenters. The molecule has 21 heavy (non-hydrogen) atoms. The Balaban J connectivity index is 2.70. The molecule has 0 aliphatic carbocycles. The van der Waals surface area contributed by atoms with E-state index in [1.807, 2.05) is 45.9 Å². The van der Waals surface area contributed by atoms with Gasteiger partial charge in [0.15, 0.2) is 0 Å². The third-order valence-electron chi connectivity index (χ3n) is 2.80. The molecule has 0 saturated carbocycles. The smallest absolute Gasteiger partial charge is 0.410 e. The summed E-state index contributed by atoms with van der Waals surface area (Å²) in [6, 6.07) is 5.75. The van der Waals surface area contributed by atoms with E-state index in [2.05, 4.69) is 15.9 Å². The van der Waals surface area contributed by atoms with Crippen LogP contribution in [0.3, 0.4) is 0 Å². The van der Waals surface area contributed by atoms with E-state index in [1.165, 1.54) is 0 Å². The number of rotatable bonds is 5. The zero-order chi connectivity index (χ0) is 16.0. The second-order valence-corrected chi connectivity index (χ2v) is 7.28. The molecule has 1 aromatic carbocycles. The van der Waals surface area contributed by atoms with Gasteiger partial charge in [-0.25, -0.2) is 4.79 Å².